The highest BCUT2D eigenvalue weighted by atomic mass is 32.1. The van der Waals surface area contributed by atoms with Crippen molar-refractivity contribution in [2.24, 2.45) is 0 Å². The zero-order chi connectivity index (χ0) is 19.3. The van der Waals surface area contributed by atoms with Crippen LogP contribution in [0.4, 0.5) is 0 Å². The number of carbonyl (C=O) groups excluding carboxylic acids is 1. The van der Waals surface area contributed by atoms with Crippen LogP contribution in [0.3, 0.4) is 0 Å². The number of thiophene rings is 1. The van der Waals surface area contributed by atoms with E-state index in [0.717, 1.165) is 27.0 Å². The van der Waals surface area contributed by atoms with Gasteiger partial charge >= 0.3 is 0 Å². The SMILES string of the molecule is Cc1ccc(CN(Cc2ccco2)C(=O)Cc2csc(-c3ccccn3)n2)s1. The van der Waals surface area contributed by atoms with Crippen LogP contribution in [0, 0.1) is 6.92 Å². The third-order valence-corrected chi connectivity index (χ3v) is 6.09. The molecular formula is C21H19N3O2S2. The quantitative estimate of drug-likeness (QED) is 0.434. The van der Waals surface area contributed by atoms with E-state index in [1.165, 1.54) is 16.2 Å². The minimum Gasteiger partial charge on any atom is -0.467 e. The molecule has 0 aliphatic heterocycles. The summed E-state index contributed by atoms with van der Waals surface area (Å²) >= 11 is 3.22. The van der Waals surface area contributed by atoms with Crippen molar-refractivity contribution in [2.75, 3.05) is 0 Å². The average molecular weight is 410 g/mol. The topological polar surface area (TPSA) is 59.2 Å². The van der Waals surface area contributed by atoms with Crippen LogP contribution >= 0.6 is 22.7 Å². The molecule has 0 atom stereocenters. The minimum atomic E-state index is 0.0281. The van der Waals surface area contributed by atoms with Gasteiger partial charge in [-0.05, 0) is 43.3 Å². The van der Waals surface area contributed by atoms with Crippen LogP contribution < -0.4 is 0 Å². The Balaban J connectivity index is 1.49. The number of furan rings is 1. The van der Waals surface area contributed by atoms with Gasteiger partial charge in [0.05, 0.1) is 37.2 Å². The Hall–Kier alpha value is -2.77. The number of amides is 1. The van der Waals surface area contributed by atoms with E-state index < -0.39 is 0 Å². The number of pyridine rings is 1. The van der Waals surface area contributed by atoms with Crippen LogP contribution in [-0.4, -0.2) is 20.8 Å². The monoisotopic (exact) mass is 409 g/mol. The summed E-state index contributed by atoms with van der Waals surface area (Å²) < 4.78 is 5.46. The molecule has 0 spiro atoms. The van der Waals surface area contributed by atoms with Gasteiger partial charge < -0.3 is 9.32 Å². The lowest BCUT2D eigenvalue weighted by molar-refractivity contribution is -0.132. The van der Waals surface area contributed by atoms with Crippen molar-refractivity contribution in [1.82, 2.24) is 14.9 Å². The molecule has 0 unspecified atom stereocenters. The van der Waals surface area contributed by atoms with Crippen molar-refractivity contribution >= 4 is 28.6 Å². The zero-order valence-corrected chi connectivity index (χ0v) is 17.0. The Morgan fingerprint density at radius 2 is 2.07 bits per heavy atom. The molecule has 7 heteroatoms. The zero-order valence-electron chi connectivity index (χ0n) is 15.4. The predicted octanol–water partition coefficient (Wildman–Crippen LogP) is 4.94. The molecule has 4 aromatic rings. The number of nitrogens with zero attached hydrogens (tertiary/aromatic N) is 3. The number of aryl methyl sites for hydroxylation is 1. The molecule has 0 aliphatic carbocycles. The van der Waals surface area contributed by atoms with Crippen molar-refractivity contribution in [2.45, 2.75) is 26.4 Å². The van der Waals surface area contributed by atoms with Crippen molar-refractivity contribution in [3.8, 4) is 10.7 Å². The van der Waals surface area contributed by atoms with E-state index in [4.69, 9.17) is 4.42 Å². The second kappa shape index (κ2) is 8.50. The summed E-state index contributed by atoms with van der Waals surface area (Å²) in [7, 11) is 0. The number of hydrogen-bond donors (Lipinski definition) is 0. The van der Waals surface area contributed by atoms with E-state index in [-0.39, 0.29) is 12.3 Å². The molecule has 0 radical (unpaired) electrons. The van der Waals surface area contributed by atoms with Gasteiger partial charge in [0, 0.05) is 21.3 Å². The Morgan fingerprint density at radius 1 is 1.14 bits per heavy atom. The Morgan fingerprint density at radius 3 is 2.79 bits per heavy atom. The van der Waals surface area contributed by atoms with Gasteiger partial charge in [-0.2, -0.15) is 0 Å². The maximum absolute atomic E-state index is 13.0. The van der Waals surface area contributed by atoms with Gasteiger partial charge in [-0.15, -0.1) is 22.7 Å². The highest BCUT2D eigenvalue weighted by molar-refractivity contribution is 7.13. The van der Waals surface area contributed by atoms with Crippen molar-refractivity contribution in [3.05, 3.63) is 81.5 Å². The predicted molar refractivity (Wildman–Crippen MR) is 111 cm³/mol. The molecule has 0 aromatic carbocycles. The fourth-order valence-electron chi connectivity index (χ4n) is 2.84. The molecule has 0 saturated carbocycles. The van der Waals surface area contributed by atoms with Crippen LogP contribution in [-0.2, 0) is 24.3 Å². The summed E-state index contributed by atoms with van der Waals surface area (Å²) in [6, 6.07) is 13.6. The Bertz CT molecular complexity index is 1040. The average Bonchev–Trinajstić information content (AvgIpc) is 3.45. The fraction of sp³-hybridized carbons (Fsp3) is 0.190. The molecule has 0 fully saturated rings. The second-order valence-electron chi connectivity index (χ2n) is 6.38. The third-order valence-electron chi connectivity index (χ3n) is 4.19. The van der Waals surface area contributed by atoms with E-state index in [1.807, 2.05) is 40.6 Å². The van der Waals surface area contributed by atoms with Crippen LogP contribution in [0.2, 0.25) is 0 Å². The van der Waals surface area contributed by atoms with E-state index >= 15 is 0 Å². The van der Waals surface area contributed by atoms with Crippen LogP contribution in [0.1, 0.15) is 21.2 Å². The van der Waals surface area contributed by atoms with Gasteiger partial charge in [0.2, 0.25) is 5.91 Å². The summed E-state index contributed by atoms with van der Waals surface area (Å²) in [5.74, 6) is 0.800. The first kappa shape index (κ1) is 18.6. The fourth-order valence-corrected chi connectivity index (χ4v) is 4.54. The molecule has 28 heavy (non-hydrogen) atoms. The summed E-state index contributed by atoms with van der Waals surface area (Å²) in [6.45, 7) is 3.08. The molecule has 0 bridgehead atoms. The van der Waals surface area contributed by atoms with Crippen LogP contribution in [0.25, 0.3) is 10.7 Å². The van der Waals surface area contributed by atoms with Gasteiger partial charge in [-0.25, -0.2) is 4.98 Å². The molecule has 0 aliphatic rings. The maximum atomic E-state index is 13.0. The molecule has 1 amide bonds. The Labute approximate surface area is 171 Å². The normalized spacial score (nSPS) is 10.9. The maximum Gasteiger partial charge on any atom is 0.229 e. The van der Waals surface area contributed by atoms with Crippen molar-refractivity contribution < 1.29 is 9.21 Å². The van der Waals surface area contributed by atoms with Gasteiger partial charge in [-0.3, -0.25) is 9.78 Å². The summed E-state index contributed by atoms with van der Waals surface area (Å²) in [5, 5.41) is 2.76. The van der Waals surface area contributed by atoms with E-state index in [0.29, 0.717) is 13.1 Å². The standard InChI is InChI=1S/C21H19N3O2S2/c1-15-7-8-18(28-15)13-24(12-17-5-4-10-26-17)20(25)11-16-14-27-21(23-16)19-6-2-3-9-22-19/h2-10,14H,11-13H2,1H3. The van der Waals surface area contributed by atoms with Gasteiger partial charge in [0.15, 0.2) is 0 Å². The lowest BCUT2D eigenvalue weighted by Gasteiger charge is -2.20. The molecular weight excluding hydrogens is 390 g/mol. The van der Waals surface area contributed by atoms with Crippen molar-refractivity contribution in [3.63, 3.8) is 0 Å². The summed E-state index contributed by atoms with van der Waals surface area (Å²) in [6.07, 6.45) is 3.64. The highest BCUT2D eigenvalue weighted by Crippen LogP contribution is 2.23. The molecule has 0 N–H and O–H groups in total. The van der Waals surface area contributed by atoms with E-state index in [2.05, 4.69) is 29.0 Å². The van der Waals surface area contributed by atoms with E-state index in [9.17, 15) is 4.79 Å². The lowest BCUT2D eigenvalue weighted by atomic mass is 10.2. The second-order valence-corrected chi connectivity index (χ2v) is 8.61. The third kappa shape index (κ3) is 4.55. The number of carbonyl (C=O) groups is 1. The van der Waals surface area contributed by atoms with E-state index in [1.54, 1.807) is 23.8 Å². The first-order valence-corrected chi connectivity index (χ1v) is 10.6. The van der Waals surface area contributed by atoms with Gasteiger partial charge in [0.25, 0.3) is 0 Å². The smallest absolute Gasteiger partial charge is 0.229 e. The largest absolute Gasteiger partial charge is 0.467 e. The molecule has 0 saturated heterocycles. The number of rotatable bonds is 7. The molecule has 142 valence electrons. The highest BCUT2D eigenvalue weighted by Gasteiger charge is 2.19. The molecule has 4 rings (SSSR count). The van der Waals surface area contributed by atoms with Crippen LogP contribution in [0.5, 0.6) is 0 Å². The van der Waals surface area contributed by atoms with Crippen molar-refractivity contribution in [1.29, 1.82) is 0 Å². The minimum absolute atomic E-state index is 0.0281. The molecule has 4 heterocycles. The molecule has 4 aromatic heterocycles. The number of hydrogen-bond acceptors (Lipinski definition) is 6. The summed E-state index contributed by atoms with van der Waals surface area (Å²) in [5.41, 5.74) is 1.59. The summed E-state index contributed by atoms with van der Waals surface area (Å²) in [4.78, 5) is 26.2. The molecule has 5 nitrogen and oxygen atoms in total. The van der Waals surface area contributed by atoms with Gasteiger partial charge in [-0.1, -0.05) is 6.07 Å². The number of thiazole rings is 1. The first-order chi connectivity index (χ1) is 13.7. The lowest BCUT2D eigenvalue weighted by Crippen LogP contribution is -2.31. The van der Waals surface area contributed by atoms with Gasteiger partial charge in [0.1, 0.15) is 10.8 Å². The van der Waals surface area contributed by atoms with Crippen LogP contribution in [0.15, 0.2) is 64.7 Å². The number of aromatic nitrogens is 2. The Kier molecular flexibility index (Phi) is 5.64. The first-order valence-electron chi connectivity index (χ1n) is 8.88.